The van der Waals surface area contributed by atoms with Crippen molar-refractivity contribution in [1.82, 2.24) is 9.78 Å². The van der Waals surface area contributed by atoms with E-state index in [2.05, 4.69) is 5.10 Å². The Kier molecular flexibility index (Phi) is 2.02. The summed E-state index contributed by atoms with van der Waals surface area (Å²) in [4.78, 5) is 11.6. The molecule has 1 aromatic heterocycles. The molecule has 0 atom stereocenters. The van der Waals surface area contributed by atoms with Crippen LogP contribution in [0.1, 0.15) is 25.0 Å². The minimum atomic E-state index is -0.725. The number of fused-ring (bicyclic) bond motifs is 1. The van der Waals surface area contributed by atoms with Gasteiger partial charge in [0.15, 0.2) is 0 Å². The number of carboxylic acids is 1. The van der Waals surface area contributed by atoms with E-state index in [9.17, 15) is 9.90 Å². The summed E-state index contributed by atoms with van der Waals surface area (Å²) in [5.41, 5.74) is 1.01. The third kappa shape index (κ3) is 1.24. The lowest BCUT2D eigenvalue weighted by Crippen LogP contribution is -2.44. The van der Waals surface area contributed by atoms with Crippen LogP contribution in [0.25, 0.3) is 10.9 Å². The summed E-state index contributed by atoms with van der Waals surface area (Å²) in [5, 5.41) is 14.9. The van der Waals surface area contributed by atoms with Crippen LogP contribution in [0.3, 0.4) is 0 Å². The van der Waals surface area contributed by atoms with Gasteiger partial charge in [-0.15, -0.1) is 0 Å². The summed E-state index contributed by atoms with van der Waals surface area (Å²) in [5.74, 6) is -0.725. The van der Waals surface area contributed by atoms with Crippen LogP contribution in [0, 0.1) is 0 Å². The number of benzene rings is 1. The fourth-order valence-electron chi connectivity index (χ4n) is 2.80. The van der Waals surface area contributed by atoms with Gasteiger partial charge in [-0.2, -0.15) is 5.10 Å². The van der Waals surface area contributed by atoms with E-state index in [0.29, 0.717) is 12.8 Å². The number of rotatable bonds is 2. The molecule has 1 aromatic carbocycles. The Balaban J connectivity index is 2.29. The summed E-state index contributed by atoms with van der Waals surface area (Å²) < 4.78 is 1.73. The zero-order chi connectivity index (χ0) is 12.0. The third-order valence-corrected chi connectivity index (χ3v) is 3.81. The van der Waals surface area contributed by atoms with E-state index >= 15 is 0 Å². The first-order valence-electron chi connectivity index (χ1n) is 5.81. The maximum absolute atomic E-state index is 11.6. The lowest BCUT2D eigenvalue weighted by atomic mass is 9.66. The molecule has 1 aliphatic carbocycles. The third-order valence-electron chi connectivity index (χ3n) is 3.81. The summed E-state index contributed by atoms with van der Waals surface area (Å²) in [6.07, 6.45) is 2.41. The Hall–Kier alpha value is -1.84. The second-order valence-corrected chi connectivity index (χ2v) is 4.73. The SMILES string of the molecule is Cn1nc2ccccc2c1C1(C(=O)O)CCC1. The zero-order valence-electron chi connectivity index (χ0n) is 9.68. The van der Waals surface area contributed by atoms with Gasteiger partial charge in [0.05, 0.1) is 11.2 Å². The molecule has 1 heterocycles. The van der Waals surface area contributed by atoms with Crippen LogP contribution in [-0.2, 0) is 17.3 Å². The Morgan fingerprint density at radius 2 is 2.12 bits per heavy atom. The van der Waals surface area contributed by atoms with Gasteiger partial charge < -0.3 is 5.11 Å². The largest absolute Gasteiger partial charge is 0.481 e. The fourth-order valence-corrected chi connectivity index (χ4v) is 2.80. The topological polar surface area (TPSA) is 55.1 Å². The van der Waals surface area contributed by atoms with Crippen LogP contribution >= 0.6 is 0 Å². The van der Waals surface area contributed by atoms with Crippen LogP contribution in [-0.4, -0.2) is 20.9 Å². The van der Waals surface area contributed by atoms with E-state index in [1.807, 2.05) is 31.3 Å². The maximum atomic E-state index is 11.6. The molecule has 4 nitrogen and oxygen atoms in total. The molecule has 0 radical (unpaired) electrons. The highest BCUT2D eigenvalue weighted by Crippen LogP contribution is 2.46. The Labute approximate surface area is 98.9 Å². The van der Waals surface area contributed by atoms with Gasteiger partial charge in [-0.3, -0.25) is 9.48 Å². The molecule has 0 aliphatic heterocycles. The lowest BCUT2D eigenvalue weighted by molar-refractivity contribution is -0.147. The van der Waals surface area contributed by atoms with Crippen molar-refractivity contribution in [3.63, 3.8) is 0 Å². The molecule has 2 aromatic rings. The number of carboxylic acid groups (broad SMARTS) is 1. The molecule has 1 aliphatic rings. The maximum Gasteiger partial charge on any atom is 0.315 e. The normalized spacial score (nSPS) is 17.9. The first-order chi connectivity index (χ1) is 8.15. The number of aryl methyl sites for hydroxylation is 1. The number of hydrogen-bond acceptors (Lipinski definition) is 2. The molecule has 0 unspecified atom stereocenters. The average Bonchev–Trinajstić information content (AvgIpc) is 2.54. The Morgan fingerprint density at radius 3 is 2.71 bits per heavy atom. The summed E-state index contributed by atoms with van der Waals surface area (Å²) in [6, 6.07) is 7.74. The average molecular weight is 230 g/mol. The Bertz CT molecular complexity index is 596. The molecule has 88 valence electrons. The molecule has 1 fully saturated rings. The van der Waals surface area contributed by atoms with Crippen LogP contribution in [0.4, 0.5) is 0 Å². The first-order valence-corrected chi connectivity index (χ1v) is 5.81. The summed E-state index contributed by atoms with van der Waals surface area (Å²) >= 11 is 0. The number of aromatic nitrogens is 2. The van der Waals surface area contributed by atoms with Crippen LogP contribution in [0.5, 0.6) is 0 Å². The minimum Gasteiger partial charge on any atom is -0.481 e. The molecule has 0 spiro atoms. The molecular weight excluding hydrogens is 216 g/mol. The molecule has 0 saturated heterocycles. The first kappa shape index (κ1) is 10.3. The summed E-state index contributed by atoms with van der Waals surface area (Å²) in [6.45, 7) is 0. The van der Waals surface area contributed by atoms with Gasteiger partial charge >= 0.3 is 5.97 Å². The molecule has 4 heteroatoms. The van der Waals surface area contributed by atoms with Crippen molar-refractivity contribution in [1.29, 1.82) is 0 Å². The second kappa shape index (κ2) is 3.32. The molecule has 0 bridgehead atoms. The van der Waals surface area contributed by atoms with Crippen molar-refractivity contribution in [2.75, 3.05) is 0 Å². The van der Waals surface area contributed by atoms with Gasteiger partial charge in [-0.05, 0) is 18.9 Å². The molecular formula is C13H14N2O2. The fraction of sp³-hybridized carbons (Fsp3) is 0.385. The van der Waals surface area contributed by atoms with Crippen LogP contribution in [0.15, 0.2) is 24.3 Å². The van der Waals surface area contributed by atoms with Gasteiger partial charge in [-0.1, -0.05) is 24.6 Å². The second-order valence-electron chi connectivity index (χ2n) is 4.73. The van der Waals surface area contributed by atoms with Crippen molar-refractivity contribution >= 4 is 16.9 Å². The smallest absolute Gasteiger partial charge is 0.315 e. The molecule has 3 rings (SSSR count). The highest BCUT2D eigenvalue weighted by molar-refractivity contribution is 5.91. The van der Waals surface area contributed by atoms with Gasteiger partial charge in [0.2, 0.25) is 0 Å². The van der Waals surface area contributed by atoms with E-state index in [-0.39, 0.29) is 0 Å². The van der Waals surface area contributed by atoms with Crippen molar-refractivity contribution < 1.29 is 9.90 Å². The van der Waals surface area contributed by atoms with Crippen molar-refractivity contribution in [3.05, 3.63) is 30.0 Å². The van der Waals surface area contributed by atoms with E-state index < -0.39 is 11.4 Å². The number of aliphatic carboxylic acids is 1. The monoisotopic (exact) mass is 230 g/mol. The zero-order valence-corrected chi connectivity index (χ0v) is 9.68. The predicted octanol–water partition coefficient (Wildman–Crippen LogP) is 2.08. The molecule has 0 amide bonds. The summed E-state index contributed by atoms with van der Waals surface area (Å²) in [7, 11) is 1.83. The van der Waals surface area contributed by atoms with Gasteiger partial charge in [0.1, 0.15) is 5.41 Å². The molecule has 17 heavy (non-hydrogen) atoms. The lowest BCUT2D eigenvalue weighted by Gasteiger charge is -2.37. The number of hydrogen-bond donors (Lipinski definition) is 1. The predicted molar refractivity (Wildman–Crippen MR) is 63.9 cm³/mol. The highest BCUT2D eigenvalue weighted by Gasteiger charge is 2.49. The van der Waals surface area contributed by atoms with Crippen LogP contribution < -0.4 is 0 Å². The number of nitrogens with zero attached hydrogens (tertiary/aromatic N) is 2. The van der Waals surface area contributed by atoms with Gasteiger partial charge in [-0.25, -0.2) is 0 Å². The van der Waals surface area contributed by atoms with Crippen LogP contribution in [0.2, 0.25) is 0 Å². The minimum absolute atomic E-state index is 0.714. The highest BCUT2D eigenvalue weighted by atomic mass is 16.4. The van der Waals surface area contributed by atoms with E-state index in [4.69, 9.17) is 0 Å². The van der Waals surface area contributed by atoms with E-state index in [1.54, 1.807) is 4.68 Å². The van der Waals surface area contributed by atoms with Gasteiger partial charge in [0.25, 0.3) is 0 Å². The standard InChI is InChI=1S/C13H14N2O2/c1-15-11(13(12(16)17)7-4-8-13)9-5-2-3-6-10(9)14-15/h2-3,5-6H,4,7-8H2,1H3,(H,16,17). The van der Waals surface area contributed by atoms with Gasteiger partial charge in [0, 0.05) is 12.4 Å². The van der Waals surface area contributed by atoms with E-state index in [1.165, 1.54) is 0 Å². The van der Waals surface area contributed by atoms with Crippen molar-refractivity contribution in [2.24, 2.45) is 7.05 Å². The molecule has 1 N–H and O–H groups in total. The quantitative estimate of drug-likeness (QED) is 0.859. The van der Waals surface area contributed by atoms with Crippen molar-refractivity contribution in [3.8, 4) is 0 Å². The van der Waals surface area contributed by atoms with Crippen molar-refractivity contribution in [2.45, 2.75) is 24.7 Å². The molecule has 1 saturated carbocycles. The number of carbonyl (C=O) groups is 1. The Morgan fingerprint density at radius 1 is 1.41 bits per heavy atom. The van der Waals surface area contributed by atoms with E-state index in [0.717, 1.165) is 23.0 Å².